The normalized spacial score (nSPS) is 15.9. The number of halogens is 1. The Morgan fingerprint density at radius 2 is 1.68 bits per heavy atom. The van der Waals surface area contributed by atoms with Crippen molar-refractivity contribution in [1.29, 1.82) is 0 Å². The van der Waals surface area contributed by atoms with Gasteiger partial charge < -0.3 is 19.3 Å². The van der Waals surface area contributed by atoms with Crippen LogP contribution in [0.4, 0.5) is 10.1 Å². The maximum absolute atomic E-state index is 14.0. The molecule has 0 aliphatic carbocycles. The first-order chi connectivity index (χ1) is 16.4. The average molecular weight is 492 g/mol. The summed E-state index contributed by atoms with van der Waals surface area (Å²) in [6, 6.07) is 11.3. The Morgan fingerprint density at radius 3 is 2.44 bits per heavy atom. The fraction of sp³-hybridized carbons (Fsp3) is 0.458. The van der Waals surface area contributed by atoms with Crippen LogP contribution >= 0.6 is 0 Å². The number of nitrogens with zero attached hydrogens (tertiary/aromatic N) is 2. The number of hydrogen-bond donors (Lipinski definition) is 1. The fourth-order valence-corrected chi connectivity index (χ4v) is 5.21. The number of ether oxygens (including phenoxy) is 2. The van der Waals surface area contributed by atoms with Crippen LogP contribution in [-0.4, -0.2) is 65.2 Å². The van der Waals surface area contributed by atoms with Gasteiger partial charge in [-0.1, -0.05) is 18.6 Å². The van der Waals surface area contributed by atoms with E-state index in [1.54, 1.807) is 18.2 Å². The number of hydrogen-bond acceptors (Lipinski definition) is 6. The molecule has 1 N–H and O–H groups in total. The van der Waals surface area contributed by atoms with E-state index in [1.165, 1.54) is 18.2 Å². The van der Waals surface area contributed by atoms with Crippen molar-refractivity contribution < 1.29 is 27.1 Å². The van der Waals surface area contributed by atoms with E-state index in [4.69, 9.17) is 9.47 Å². The second kappa shape index (κ2) is 11.1. The molecule has 0 unspecified atom stereocenters. The quantitative estimate of drug-likeness (QED) is 0.543. The molecule has 0 saturated carbocycles. The zero-order chi connectivity index (χ0) is 24.0. The van der Waals surface area contributed by atoms with Gasteiger partial charge in [-0.2, -0.15) is 0 Å². The highest BCUT2D eigenvalue weighted by Gasteiger charge is 2.22. The molecule has 0 radical (unpaired) electrons. The molecule has 0 atom stereocenters. The van der Waals surface area contributed by atoms with Crippen LogP contribution in [0.3, 0.4) is 0 Å². The monoisotopic (exact) mass is 491 g/mol. The molecule has 2 heterocycles. The lowest BCUT2D eigenvalue weighted by atomic mass is 10.1. The van der Waals surface area contributed by atoms with Gasteiger partial charge in [-0.05, 0) is 37.1 Å². The third-order valence-electron chi connectivity index (χ3n) is 6.01. The van der Waals surface area contributed by atoms with Crippen LogP contribution in [0.2, 0.25) is 0 Å². The number of amides is 1. The van der Waals surface area contributed by atoms with Gasteiger partial charge in [0, 0.05) is 45.2 Å². The highest BCUT2D eigenvalue weighted by Crippen LogP contribution is 2.32. The maximum atomic E-state index is 14.0. The van der Waals surface area contributed by atoms with Gasteiger partial charge in [0.25, 0.3) is 0 Å². The Balaban J connectivity index is 1.13. The van der Waals surface area contributed by atoms with E-state index < -0.39 is 10.0 Å². The van der Waals surface area contributed by atoms with Gasteiger partial charge in [0.15, 0.2) is 11.5 Å². The number of rotatable bonds is 9. The number of carbonyl (C=O) groups is 1. The molecule has 2 aromatic carbocycles. The number of benzene rings is 2. The summed E-state index contributed by atoms with van der Waals surface area (Å²) < 4.78 is 52.5. The lowest BCUT2D eigenvalue weighted by Crippen LogP contribution is -2.49. The van der Waals surface area contributed by atoms with Gasteiger partial charge in [0.05, 0.1) is 10.6 Å². The number of nitrogens with one attached hydrogen (secondary N) is 1. The average Bonchev–Trinajstić information content (AvgIpc) is 2.86. The minimum atomic E-state index is -3.64. The van der Waals surface area contributed by atoms with Crippen molar-refractivity contribution in [3.8, 4) is 11.5 Å². The van der Waals surface area contributed by atoms with Crippen molar-refractivity contribution in [2.45, 2.75) is 30.6 Å². The van der Waals surface area contributed by atoms with Crippen LogP contribution in [0.5, 0.6) is 11.5 Å². The highest BCUT2D eigenvalue weighted by atomic mass is 32.2. The molecule has 2 aliphatic heterocycles. The van der Waals surface area contributed by atoms with Crippen LogP contribution in [0.15, 0.2) is 47.4 Å². The maximum Gasteiger partial charge on any atom is 0.240 e. The summed E-state index contributed by atoms with van der Waals surface area (Å²) >= 11 is 0. The van der Waals surface area contributed by atoms with Gasteiger partial charge in [0.1, 0.15) is 19.0 Å². The summed E-state index contributed by atoms with van der Waals surface area (Å²) in [5.41, 5.74) is 0.577. The summed E-state index contributed by atoms with van der Waals surface area (Å²) in [4.78, 5) is 16.4. The third kappa shape index (κ3) is 5.98. The molecule has 184 valence electrons. The molecule has 0 spiro atoms. The Kier molecular flexibility index (Phi) is 7.89. The van der Waals surface area contributed by atoms with Crippen molar-refractivity contribution in [2.24, 2.45) is 0 Å². The predicted molar refractivity (Wildman–Crippen MR) is 126 cm³/mol. The molecule has 1 saturated heterocycles. The minimum Gasteiger partial charge on any atom is -0.486 e. The van der Waals surface area contributed by atoms with Crippen LogP contribution in [0, 0.1) is 5.82 Å². The van der Waals surface area contributed by atoms with Gasteiger partial charge in [-0.15, -0.1) is 0 Å². The topological polar surface area (TPSA) is 88.2 Å². The van der Waals surface area contributed by atoms with Crippen molar-refractivity contribution in [1.82, 2.24) is 9.62 Å². The number of anilines is 1. The predicted octanol–water partition coefficient (Wildman–Crippen LogP) is 2.78. The summed E-state index contributed by atoms with van der Waals surface area (Å²) in [6.45, 7) is 3.49. The van der Waals surface area contributed by atoms with E-state index in [2.05, 4.69) is 4.72 Å². The van der Waals surface area contributed by atoms with E-state index in [0.717, 1.165) is 6.42 Å². The van der Waals surface area contributed by atoms with Gasteiger partial charge >= 0.3 is 0 Å². The number of piperazine rings is 1. The minimum absolute atomic E-state index is 0.0880. The smallest absolute Gasteiger partial charge is 0.240 e. The van der Waals surface area contributed by atoms with E-state index in [-0.39, 0.29) is 16.6 Å². The van der Waals surface area contributed by atoms with Gasteiger partial charge in [-0.3, -0.25) is 4.79 Å². The first kappa shape index (κ1) is 24.3. The van der Waals surface area contributed by atoms with Crippen LogP contribution in [0.25, 0.3) is 0 Å². The van der Waals surface area contributed by atoms with Crippen LogP contribution < -0.4 is 19.1 Å². The zero-order valence-electron chi connectivity index (χ0n) is 19.0. The number of fused-ring (bicyclic) bond motifs is 1. The molecule has 1 fully saturated rings. The van der Waals surface area contributed by atoms with Crippen LogP contribution in [0.1, 0.15) is 25.7 Å². The Labute approximate surface area is 199 Å². The highest BCUT2D eigenvalue weighted by molar-refractivity contribution is 7.89. The Morgan fingerprint density at radius 1 is 0.941 bits per heavy atom. The van der Waals surface area contributed by atoms with Gasteiger partial charge in [0.2, 0.25) is 15.9 Å². The van der Waals surface area contributed by atoms with Crippen molar-refractivity contribution in [3.63, 3.8) is 0 Å². The van der Waals surface area contributed by atoms with Crippen molar-refractivity contribution >= 4 is 21.6 Å². The van der Waals surface area contributed by atoms with E-state index in [0.29, 0.717) is 82.4 Å². The SMILES string of the molecule is O=C(CCCCCNS(=O)(=O)c1ccc2c(c1)OCCO2)N1CCN(c2ccccc2F)CC1. The fourth-order valence-electron chi connectivity index (χ4n) is 4.12. The van der Waals surface area contributed by atoms with E-state index in [1.807, 2.05) is 15.9 Å². The molecule has 0 bridgehead atoms. The zero-order valence-corrected chi connectivity index (χ0v) is 19.9. The molecular formula is C24H30FN3O5S. The Hall–Kier alpha value is -2.85. The molecule has 10 heteroatoms. The summed E-state index contributed by atoms with van der Waals surface area (Å²) in [6.07, 6.45) is 2.50. The number of unbranched alkanes of at least 4 members (excludes halogenated alkanes) is 2. The molecule has 2 aliphatic rings. The van der Waals surface area contributed by atoms with Crippen molar-refractivity contribution in [3.05, 3.63) is 48.3 Å². The molecular weight excluding hydrogens is 461 g/mol. The van der Waals surface area contributed by atoms with E-state index in [9.17, 15) is 17.6 Å². The molecule has 8 nitrogen and oxygen atoms in total. The number of carbonyl (C=O) groups excluding carboxylic acids is 1. The Bertz CT molecular complexity index is 1100. The molecule has 34 heavy (non-hydrogen) atoms. The standard InChI is InChI=1S/C24H30FN3O5S/c25-20-6-3-4-7-21(20)27-12-14-28(15-13-27)24(29)8-2-1-5-11-26-34(30,31)19-9-10-22-23(18-19)33-17-16-32-22/h3-4,6-7,9-10,18,26H,1-2,5,8,11-17H2. The first-order valence-corrected chi connectivity index (χ1v) is 13.1. The molecule has 1 amide bonds. The van der Waals surface area contributed by atoms with Gasteiger partial charge in [-0.25, -0.2) is 17.5 Å². The second-order valence-electron chi connectivity index (χ2n) is 8.33. The summed E-state index contributed by atoms with van der Waals surface area (Å²) in [7, 11) is -3.64. The third-order valence-corrected chi connectivity index (χ3v) is 7.47. The first-order valence-electron chi connectivity index (χ1n) is 11.6. The van der Waals surface area contributed by atoms with E-state index >= 15 is 0 Å². The summed E-state index contributed by atoms with van der Waals surface area (Å²) in [5, 5.41) is 0. The lowest BCUT2D eigenvalue weighted by Gasteiger charge is -2.36. The molecule has 0 aromatic heterocycles. The second-order valence-corrected chi connectivity index (χ2v) is 10.1. The van der Waals surface area contributed by atoms with Crippen molar-refractivity contribution in [2.75, 3.05) is 50.8 Å². The van der Waals surface area contributed by atoms with Crippen LogP contribution in [-0.2, 0) is 14.8 Å². The largest absolute Gasteiger partial charge is 0.486 e. The lowest BCUT2D eigenvalue weighted by molar-refractivity contribution is -0.131. The molecule has 2 aromatic rings. The summed E-state index contributed by atoms with van der Waals surface area (Å²) in [5.74, 6) is 0.822. The number of para-hydroxylation sites is 1. The molecule has 4 rings (SSSR count). The number of sulfonamides is 1.